The number of thiazole rings is 1. The molecule has 1 aliphatic heterocycles. The standard InChI is InChI=1S/C17H29N3O2S/c1-13-18-14(10-23-13)9-19(5)12-17(22)7-6-8-20(15(17)21)11-16(2,3)4/h10,22H,6-9,11-12H2,1-5H3. The fourth-order valence-electron chi connectivity index (χ4n) is 3.20. The number of carbonyl (C=O) groups is 1. The fraction of sp³-hybridized carbons (Fsp3) is 0.765. The van der Waals surface area contributed by atoms with E-state index in [1.165, 1.54) is 0 Å². The molecule has 0 saturated carbocycles. The van der Waals surface area contributed by atoms with Crippen molar-refractivity contribution in [3.05, 3.63) is 16.1 Å². The predicted molar refractivity (Wildman–Crippen MR) is 93.4 cm³/mol. The number of aliphatic hydroxyl groups is 1. The summed E-state index contributed by atoms with van der Waals surface area (Å²) < 4.78 is 0. The number of carbonyl (C=O) groups excluding carboxylic acids is 1. The third-order valence-electron chi connectivity index (χ3n) is 4.00. The first-order valence-electron chi connectivity index (χ1n) is 8.20. The number of aryl methyl sites for hydroxylation is 1. The molecule has 2 rings (SSSR count). The normalized spacial score (nSPS) is 22.9. The highest BCUT2D eigenvalue weighted by atomic mass is 32.1. The summed E-state index contributed by atoms with van der Waals surface area (Å²) in [5, 5.41) is 14.0. The summed E-state index contributed by atoms with van der Waals surface area (Å²) in [6.45, 7) is 10.8. The van der Waals surface area contributed by atoms with Gasteiger partial charge in [0.1, 0.15) is 0 Å². The molecule has 1 aliphatic rings. The summed E-state index contributed by atoms with van der Waals surface area (Å²) in [6, 6.07) is 0. The molecular formula is C17H29N3O2S. The van der Waals surface area contributed by atoms with Gasteiger partial charge in [0.15, 0.2) is 5.60 Å². The Morgan fingerprint density at radius 3 is 2.74 bits per heavy atom. The Kier molecular flexibility index (Phi) is 5.48. The van der Waals surface area contributed by atoms with Crippen LogP contribution in [0.3, 0.4) is 0 Å². The molecule has 0 radical (unpaired) electrons. The van der Waals surface area contributed by atoms with Crippen molar-refractivity contribution in [1.82, 2.24) is 14.8 Å². The second-order valence-corrected chi connectivity index (χ2v) is 9.01. The summed E-state index contributed by atoms with van der Waals surface area (Å²) in [6.07, 6.45) is 1.38. The molecule has 1 unspecified atom stereocenters. The van der Waals surface area contributed by atoms with Crippen LogP contribution in [0.25, 0.3) is 0 Å². The van der Waals surface area contributed by atoms with Crippen LogP contribution in [0.1, 0.15) is 44.3 Å². The molecule has 23 heavy (non-hydrogen) atoms. The maximum atomic E-state index is 12.8. The quantitative estimate of drug-likeness (QED) is 0.894. The van der Waals surface area contributed by atoms with Crippen LogP contribution in [-0.4, -0.2) is 58.1 Å². The molecule has 0 spiro atoms. The topological polar surface area (TPSA) is 56.7 Å². The number of hydrogen-bond acceptors (Lipinski definition) is 5. The van der Waals surface area contributed by atoms with Gasteiger partial charge in [0.2, 0.25) is 0 Å². The fourth-order valence-corrected chi connectivity index (χ4v) is 3.80. The molecule has 1 aromatic rings. The first kappa shape index (κ1) is 18.4. The van der Waals surface area contributed by atoms with Crippen LogP contribution in [0, 0.1) is 12.3 Å². The van der Waals surface area contributed by atoms with Gasteiger partial charge in [-0.2, -0.15) is 0 Å². The molecule has 2 heterocycles. The predicted octanol–water partition coefficient (Wildman–Crippen LogP) is 2.28. The van der Waals surface area contributed by atoms with E-state index in [4.69, 9.17) is 0 Å². The Morgan fingerprint density at radius 2 is 2.17 bits per heavy atom. The average Bonchev–Trinajstić information content (AvgIpc) is 2.79. The summed E-state index contributed by atoms with van der Waals surface area (Å²) in [4.78, 5) is 21.0. The molecule has 130 valence electrons. The van der Waals surface area contributed by atoms with E-state index >= 15 is 0 Å². The first-order valence-corrected chi connectivity index (χ1v) is 9.08. The summed E-state index contributed by atoms with van der Waals surface area (Å²) in [5.41, 5.74) is -0.241. The highest BCUT2D eigenvalue weighted by molar-refractivity contribution is 7.09. The van der Waals surface area contributed by atoms with Crippen LogP contribution in [0.2, 0.25) is 0 Å². The number of rotatable bonds is 5. The van der Waals surface area contributed by atoms with Gasteiger partial charge in [0, 0.05) is 31.6 Å². The minimum atomic E-state index is -1.27. The van der Waals surface area contributed by atoms with E-state index < -0.39 is 5.60 Å². The van der Waals surface area contributed by atoms with Crippen molar-refractivity contribution >= 4 is 17.2 Å². The second kappa shape index (κ2) is 6.87. The number of likely N-dealkylation sites (N-methyl/N-ethyl adjacent to an activating group) is 1. The Hall–Kier alpha value is -0.980. The highest BCUT2D eigenvalue weighted by Crippen LogP contribution is 2.27. The molecule has 1 N–H and O–H groups in total. The second-order valence-electron chi connectivity index (χ2n) is 7.95. The van der Waals surface area contributed by atoms with Gasteiger partial charge < -0.3 is 10.0 Å². The molecule has 0 bridgehead atoms. The zero-order chi connectivity index (χ0) is 17.3. The van der Waals surface area contributed by atoms with Crippen molar-refractivity contribution in [2.45, 2.75) is 52.7 Å². The van der Waals surface area contributed by atoms with Crippen molar-refractivity contribution in [2.24, 2.45) is 5.41 Å². The first-order chi connectivity index (χ1) is 10.6. The van der Waals surface area contributed by atoms with E-state index in [0.29, 0.717) is 26.1 Å². The van der Waals surface area contributed by atoms with E-state index in [2.05, 4.69) is 25.8 Å². The molecule has 1 atom stereocenters. The van der Waals surface area contributed by atoms with E-state index in [-0.39, 0.29) is 11.3 Å². The van der Waals surface area contributed by atoms with E-state index in [9.17, 15) is 9.90 Å². The van der Waals surface area contributed by atoms with Crippen molar-refractivity contribution in [1.29, 1.82) is 0 Å². The average molecular weight is 340 g/mol. The summed E-state index contributed by atoms with van der Waals surface area (Å²) in [7, 11) is 1.93. The number of aromatic nitrogens is 1. The van der Waals surface area contributed by atoms with Crippen LogP contribution in [0.15, 0.2) is 5.38 Å². The van der Waals surface area contributed by atoms with Crippen molar-refractivity contribution in [2.75, 3.05) is 26.7 Å². The molecule has 1 fully saturated rings. The lowest BCUT2D eigenvalue weighted by molar-refractivity contribution is -0.160. The van der Waals surface area contributed by atoms with E-state index in [1.54, 1.807) is 11.3 Å². The zero-order valence-corrected chi connectivity index (χ0v) is 15.7. The lowest BCUT2D eigenvalue weighted by Crippen LogP contribution is -2.59. The molecule has 1 amide bonds. The van der Waals surface area contributed by atoms with E-state index in [1.807, 2.05) is 29.2 Å². The highest BCUT2D eigenvalue weighted by Gasteiger charge is 2.43. The van der Waals surface area contributed by atoms with Crippen LogP contribution in [0.5, 0.6) is 0 Å². The number of piperidine rings is 1. The van der Waals surface area contributed by atoms with Crippen LogP contribution in [0.4, 0.5) is 0 Å². The molecule has 1 saturated heterocycles. The summed E-state index contributed by atoms with van der Waals surface area (Å²) >= 11 is 1.62. The van der Waals surface area contributed by atoms with E-state index in [0.717, 1.165) is 23.7 Å². The van der Waals surface area contributed by atoms with Crippen molar-refractivity contribution in [3.8, 4) is 0 Å². The van der Waals surface area contributed by atoms with Gasteiger partial charge in [-0.3, -0.25) is 9.69 Å². The Morgan fingerprint density at radius 1 is 1.48 bits per heavy atom. The van der Waals surface area contributed by atoms with Gasteiger partial charge in [-0.1, -0.05) is 20.8 Å². The number of nitrogens with zero attached hydrogens (tertiary/aromatic N) is 3. The maximum absolute atomic E-state index is 12.8. The smallest absolute Gasteiger partial charge is 0.255 e. The largest absolute Gasteiger partial charge is 0.379 e. The third kappa shape index (κ3) is 4.99. The van der Waals surface area contributed by atoms with Crippen LogP contribution >= 0.6 is 11.3 Å². The third-order valence-corrected chi connectivity index (χ3v) is 4.82. The number of likely N-dealkylation sites (tertiary alicyclic amines) is 1. The van der Waals surface area contributed by atoms with Crippen molar-refractivity contribution < 1.29 is 9.90 Å². The van der Waals surface area contributed by atoms with Crippen LogP contribution in [-0.2, 0) is 11.3 Å². The number of amides is 1. The lowest BCUT2D eigenvalue weighted by Gasteiger charge is -2.42. The molecule has 6 heteroatoms. The summed E-state index contributed by atoms with van der Waals surface area (Å²) in [5.74, 6) is -0.125. The molecule has 1 aromatic heterocycles. The Labute approximate surface area is 143 Å². The molecule has 5 nitrogen and oxygen atoms in total. The zero-order valence-electron chi connectivity index (χ0n) is 14.9. The van der Waals surface area contributed by atoms with Gasteiger partial charge >= 0.3 is 0 Å². The molecule has 0 aromatic carbocycles. The molecule has 0 aliphatic carbocycles. The Bertz CT molecular complexity index is 552. The Balaban J connectivity index is 2.00. The van der Waals surface area contributed by atoms with Crippen molar-refractivity contribution in [3.63, 3.8) is 0 Å². The van der Waals surface area contributed by atoms with Gasteiger partial charge in [-0.05, 0) is 32.2 Å². The minimum Gasteiger partial charge on any atom is -0.379 e. The monoisotopic (exact) mass is 339 g/mol. The van der Waals surface area contributed by atoms with Gasteiger partial charge in [-0.15, -0.1) is 11.3 Å². The van der Waals surface area contributed by atoms with Gasteiger partial charge in [0.25, 0.3) is 5.91 Å². The number of hydrogen-bond donors (Lipinski definition) is 1. The lowest BCUT2D eigenvalue weighted by atomic mass is 9.88. The van der Waals surface area contributed by atoms with Crippen LogP contribution < -0.4 is 0 Å². The SMILES string of the molecule is Cc1nc(CN(C)CC2(O)CCCN(CC(C)(C)C)C2=O)cs1. The maximum Gasteiger partial charge on any atom is 0.255 e. The molecular weight excluding hydrogens is 310 g/mol. The van der Waals surface area contributed by atoms with Gasteiger partial charge in [0.05, 0.1) is 10.7 Å². The minimum absolute atomic E-state index is 0.0396. The van der Waals surface area contributed by atoms with Gasteiger partial charge in [-0.25, -0.2) is 4.98 Å².